The zero-order valence-electron chi connectivity index (χ0n) is 23.1. The van der Waals surface area contributed by atoms with E-state index in [2.05, 4.69) is 0 Å². The number of aliphatic hydroxyl groups is 1. The molecule has 0 aliphatic heterocycles. The van der Waals surface area contributed by atoms with E-state index in [0.717, 1.165) is 23.3 Å². The van der Waals surface area contributed by atoms with Crippen molar-refractivity contribution in [2.45, 2.75) is 38.8 Å². The van der Waals surface area contributed by atoms with Gasteiger partial charge in [0.15, 0.2) is 17.4 Å². The molecule has 0 heterocycles. The van der Waals surface area contributed by atoms with Gasteiger partial charge in [0.2, 0.25) is 5.78 Å². The lowest BCUT2D eigenvalue weighted by Crippen LogP contribution is -2.52. The number of hydrogen-bond acceptors (Lipinski definition) is 4. The third-order valence-corrected chi connectivity index (χ3v) is 8.30. The third-order valence-electron chi connectivity index (χ3n) is 8.30. The minimum Gasteiger partial charge on any atom is -0.504 e. The van der Waals surface area contributed by atoms with Crippen LogP contribution in [-0.4, -0.2) is 40.3 Å². The van der Waals surface area contributed by atoms with E-state index in [0.29, 0.717) is 29.5 Å². The Morgan fingerprint density at radius 1 is 1.02 bits per heavy atom. The molecule has 5 nitrogen and oxygen atoms in total. The van der Waals surface area contributed by atoms with Crippen LogP contribution in [0.5, 0.6) is 0 Å². The maximum absolute atomic E-state index is 15.1. The molecular formula is C33H31F3N2O3. The van der Waals surface area contributed by atoms with Crippen molar-refractivity contribution in [3.05, 3.63) is 129 Å². The number of aliphatic hydroxyl groups excluding tert-OH is 1. The molecule has 1 amide bonds. The molecule has 41 heavy (non-hydrogen) atoms. The summed E-state index contributed by atoms with van der Waals surface area (Å²) in [6, 6.07) is 16.5. The van der Waals surface area contributed by atoms with Gasteiger partial charge in [-0.1, -0.05) is 48.5 Å². The Kier molecular flexibility index (Phi) is 7.62. The van der Waals surface area contributed by atoms with Crippen molar-refractivity contribution in [1.29, 1.82) is 0 Å². The van der Waals surface area contributed by atoms with E-state index in [1.807, 2.05) is 36.2 Å². The zero-order valence-corrected chi connectivity index (χ0v) is 23.1. The predicted octanol–water partition coefficient (Wildman–Crippen LogP) is 5.97. The van der Waals surface area contributed by atoms with Crippen LogP contribution >= 0.6 is 0 Å². The van der Waals surface area contributed by atoms with Crippen molar-refractivity contribution in [3.63, 3.8) is 0 Å². The summed E-state index contributed by atoms with van der Waals surface area (Å²) in [5.74, 6) is -4.34. The molecule has 0 bridgehead atoms. The van der Waals surface area contributed by atoms with E-state index in [1.54, 1.807) is 25.1 Å². The number of rotatable bonds is 8. The van der Waals surface area contributed by atoms with E-state index in [4.69, 9.17) is 0 Å². The average Bonchev–Trinajstić information content (AvgIpc) is 3.46. The van der Waals surface area contributed by atoms with Gasteiger partial charge in [-0.05, 0) is 91.7 Å². The predicted molar refractivity (Wildman–Crippen MR) is 149 cm³/mol. The van der Waals surface area contributed by atoms with Gasteiger partial charge in [0.1, 0.15) is 5.82 Å². The number of ketones is 1. The fraction of sp³-hybridized carbons (Fsp3) is 0.273. The number of halogens is 3. The third kappa shape index (κ3) is 4.76. The lowest BCUT2D eigenvalue weighted by atomic mass is 9.81. The second kappa shape index (κ2) is 11.0. The first-order chi connectivity index (χ1) is 19.6. The number of allylic oxidation sites excluding steroid dienone is 2. The van der Waals surface area contributed by atoms with Crippen molar-refractivity contribution < 1.29 is 27.9 Å². The van der Waals surface area contributed by atoms with Gasteiger partial charge in [-0.3, -0.25) is 14.5 Å². The van der Waals surface area contributed by atoms with Crippen LogP contribution in [0.15, 0.2) is 84.1 Å². The van der Waals surface area contributed by atoms with E-state index < -0.39 is 40.4 Å². The molecule has 3 aromatic carbocycles. The molecule has 212 valence electrons. The van der Waals surface area contributed by atoms with Crippen molar-refractivity contribution in [3.8, 4) is 0 Å². The number of hydrogen-bond donors (Lipinski definition) is 1. The molecule has 2 unspecified atom stereocenters. The SMILES string of the molecule is C/C=C\C(=O)/C(O)=C(\C)C(=O)N(Cc1cccc(F)c1)CN(C)C12c3ccccc3CC1Cc1c2ccc(F)c1F. The molecule has 0 spiro atoms. The molecule has 2 aliphatic rings. The molecule has 0 fully saturated rings. The van der Waals surface area contributed by atoms with Crippen molar-refractivity contribution in [2.24, 2.45) is 5.92 Å². The molecular weight excluding hydrogens is 529 g/mol. The van der Waals surface area contributed by atoms with Crippen molar-refractivity contribution in [2.75, 3.05) is 13.7 Å². The standard InChI is InChI=1S/C33H31F3N2O3/c1-4-8-29(39)31(40)20(2)32(41)38(18-21-9-7-11-24(34)15-21)19-37(3)33-23(16-22-10-5-6-12-26(22)33)17-25-27(33)13-14-28(35)30(25)36/h4-15,23,40H,16-19H2,1-3H3/b8-4-,31-20-. The van der Waals surface area contributed by atoms with Gasteiger partial charge in [-0.25, -0.2) is 13.2 Å². The lowest BCUT2D eigenvalue weighted by Gasteiger charge is -2.44. The van der Waals surface area contributed by atoms with E-state index in [9.17, 15) is 23.5 Å². The average molecular weight is 561 g/mol. The Morgan fingerprint density at radius 2 is 1.78 bits per heavy atom. The topological polar surface area (TPSA) is 60.9 Å². The molecule has 0 saturated carbocycles. The lowest BCUT2D eigenvalue weighted by molar-refractivity contribution is -0.131. The van der Waals surface area contributed by atoms with Gasteiger partial charge in [-0.2, -0.15) is 0 Å². The smallest absolute Gasteiger partial charge is 0.254 e. The summed E-state index contributed by atoms with van der Waals surface area (Å²) in [4.78, 5) is 29.5. The number of amides is 1. The van der Waals surface area contributed by atoms with Crippen molar-refractivity contribution >= 4 is 11.7 Å². The minimum absolute atomic E-state index is 0.0129. The second-order valence-electron chi connectivity index (χ2n) is 10.7. The number of benzene rings is 3. The van der Waals surface area contributed by atoms with Crippen LogP contribution in [-0.2, 0) is 34.5 Å². The van der Waals surface area contributed by atoms with Crippen LogP contribution in [0.3, 0.4) is 0 Å². The van der Waals surface area contributed by atoms with E-state index in [1.165, 1.54) is 30.0 Å². The quantitative estimate of drug-likeness (QED) is 0.210. The molecule has 5 rings (SSSR count). The Balaban J connectivity index is 1.60. The van der Waals surface area contributed by atoms with Gasteiger partial charge in [0, 0.05) is 6.54 Å². The van der Waals surface area contributed by atoms with Gasteiger partial charge < -0.3 is 10.0 Å². The number of nitrogens with zero attached hydrogens (tertiary/aromatic N) is 2. The number of carbonyl (C=O) groups excluding carboxylic acids is 2. The summed E-state index contributed by atoms with van der Waals surface area (Å²) < 4.78 is 43.5. The minimum atomic E-state index is -0.903. The molecule has 0 aromatic heterocycles. The number of fused-ring (bicyclic) bond motifs is 5. The fourth-order valence-corrected chi connectivity index (χ4v) is 6.57. The van der Waals surface area contributed by atoms with Gasteiger partial charge in [0.05, 0.1) is 17.8 Å². The summed E-state index contributed by atoms with van der Waals surface area (Å²) in [5.41, 5.74) is 2.51. The highest BCUT2D eigenvalue weighted by Crippen LogP contribution is 2.56. The molecule has 8 heteroatoms. The highest BCUT2D eigenvalue weighted by molar-refractivity contribution is 6.08. The normalized spacial score (nSPS) is 19.6. The van der Waals surface area contributed by atoms with Gasteiger partial charge in [-0.15, -0.1) is 0 Å². The van der Waals surface area contributed by atoms with Crippen LogP contribution in [0.4, 0.5) is 13.2 Å². The van der Waals surface area contributed by atoms with Crippen LogP contribution < -0.4 is 0 Å². The monoisotopic (exact) mass is 560 g/mol. The summed E-state index contributed by atoms with van der Waals surface area (Å²) >= 11 is 0. The Labute approximate surface area is 237 Å². The Morgan fingerprint density at radius 3 is 2.51 bits per heavy atom. The second-order valence-corrected chi connectivity index (χ2v) is 10.7. The molecule has 2 atom stereocenters. The maximum atomic E-state index is 15.1. The number of carbonyl (C=O) groups is 2. The molecule has 0 radical (unpaired) electrons. The first-order valence-electron chi connectivity index (χ1n) is 13.5. The highest BCUT2D eigenvalue weighted by atomic mass is 19.2. The van der Waals surface area contributed by atoms with Crippen LogP contribution in [0, 0.1) is 23.4 Å². The Bertz CT molecular complexity index is 1600. The summed E-state index contributed by atoms with van der Waals surface area (Å²) in [6.07, 6.45) is 3.60. The molecule has 3 aromatic rings. The maximum Gasteiger partial charge on any atom is 0.254 e. The summed E-state index contributed by atoms with van der Waals surface area (Å²) in [7, 11) is 1.82. The Hall–Kier alpha value is -4.17. The van der Waals surface area contributed by atoms with Crippen LogP contribution in [0.1, 0.15) is 41.7 Å². The van der Waals surface area contributed by atoms with Gasteiger partial charge in [0.25, 0.3) is 5.91 Å². The molecule has 2 aliphatic carbocycles. The van der Waals surface area contributed by atoms with E-state index in [-0.39, 0.29) is 24.7 Å². The first-order valence-corrected chi connectivity index (χ1v) is 13.5. The van der Waals surface area contributed by atoms with Crippen molar-refractivity contribution in [1.82, 2.24) is 9.80 Å². The van der Waals surface area contributed by atoms with Crippen LogP contribution in [0.25, 0.3) is 0 Å². The molecule has 0 saturated heterocycles. The zero-order chi connectivity index (χ0) is 29.5. The largest absolute Gasteiger partial charge is 0.504 e. The summed E-state index contributed by atoms with van der Waals surface area (Å²) in [5, 5.41) is 10.5. The fourth-order valence-electron chi connectivity index (χ4n) is 6.57. The first kappa shape index (κ1) is 28.4. The molecule has 1 N–H and O–H groups in total. The highest BCUT2D eigenvalue weighted by Gasteiger charge is 2.56. The van der Waals surface area contributed by atoms with E-state index >= 15 is 4.39 Å². The van der Waals surface area contributed by atoms with Crippen LogP contribution in [0.2, 0.25) is 0 Å². The summed E-state index contributed by atoms with van der Waals surface area (Å²) in [6.45, 7) is 2.96. The van der Waals surface area contributed by atoms with Gasteiger partial charge >= 0.3 is 0 Å².